The SMILES string of the molecule is O=C(Nc1ccc(C(=O)OCc2c(F)cccc2Cl)cc1)c1ccccc1. The lowest BCUT2D eigenvalue weighted by molar-refractivity contribution is 0.0469. The van der Waals surface area contributed by atoms with E-state index < -0.39 is 11.8 Å². The van der Waals surface area contributed by atoms with Gasteiger partial charge in [0.1, 0.15) is 12.4 Å². The lowest BCUT2D eigenvalue weighted by Gasteiger charge is -2.09. The molecule has 0 aliphatic rings. The molecule has 0 saturated heterocycles. The third-order valence-electron chi connectivity index (χ3n) is 3.82. The maximum Gasteiger partial charge on any atom is 0.338 e. The summed E-state index contributed by atoms with van der Waals surface area (Å²) in [6.07, 6.45) is 0. The van der Waals surface area contributed by atoms with Crippen LogP contribution in [0.3, 0.4) is 0 Å². The van der Waals surface area contributed by atoms with E-state index in [0.717, 1.165) is 0 Å². The predicted molar refractivity (Wildman–Crippen MR) is 101 cm³/mol. The topological polar surface area (TPSA) is 55.4 Å². The van der Waals surface area contributed by atoms with Crippen molar-refractivity contribution in [3.63, 3.8) is 0 Å². The summed E-state index contributed by atoms with van der Waals surface area (Å²) < 4.78 is 18.8. The normalized spacial score (nSPS) is 10.3. The number of hydrogen-bond donors (Lipinski definition) is 1. The van der Waals surface area contributed by atoms with Gasteiger partial charge < -0.3 is 10.1 Å². The molecule has 0 heterocycles. The molecule has 27 heavy (non-hydrogen) atoms. The average molecular weight is 384 g/mol. The maximum absolute atomic E-state index is 13.7. The predicted octanol–water partition coefficient (Wildman–Crippen LogP) is 5.09. The molecule has 1 amide bonds. The van der Waals surface area contributed by atoms with Crippen LogP contribution in [-0.4, -0.2) is 11.9 Å². The Kier molecular flexibility index (Phi) is 5.84. The summed E-state index contributed by atoms with van der Waals surface area (Å²) in [4.78, 5) is 24.2. The van der Waals surface area contributed by atoms with Crippen LogP contribution in [-0.2, 0) is 11.3 Å². The van der Waals surface area contributed by atoms with E-state index in [2.05, 4.69) is 5.32 Å². The van der Waals surface area contributed by atoms with Crippen molar-refractivity contribution < 1.29 is 18.7 Å². The van der Waals surface area contributed by atoms with E-state index in [-0.39, 0.29) is 28.7 Å². The highest BCUT2D eigenvalue weighted by Crippen LogP contribution is 2.20. The van der Waals surface area contributed by atoms with Gasteiger partial charge in [0.25, 0.3) is 5.91 Å². The molecule has 3 aromatic rings. The van der Waals surface area contributed by atoms with Crippen molar-refractivity contribution in [1.82, 2.24) is 0 Å². The Morgan fingerprint density at radius 3 is 2.26 bits per heavy atom. The number of nitrogens with one attached hydrogen (secondary N) is 1. The smallest absolute Gasteiger partial charge is 0.338 e. The summed E-state index contributed by atoms with van der Waals surface area (Å²) in [5.74, 6) is -1.40. The number of hydrogen-bond acceptors (Lipinski definition) is 3. The third kappa shape index (κ3) is 4.71. The number of benzene rings is 3. The highest BCUT2D eigenvalue weighted by Gasteiger charge is 2.12. The van der Waals surface area contributed by atoms with Gasteiger partial charge >= 0.3 is 5.97 Å². The molecule has 3 aromatic carbocycles. The molecule has 0 atom stereocenters. The fraction of sp³-hybridized carbons (Fsp3) is 0.0476. The number of amides is 1. The van der Waals surface area contributed by atoms with Gasteiger partial charge in [-0.1, -0.05) is 35.9 Å². The first-order chi connectivity index (χ1) is 13.0. The molecule has 0 spiro atoms. The molecule has 4 nitrogen and oxygen atoms in total. The lowest BCUT2D eigenvalue weighted by atomic mass is 10.2. The molecule has 0 saturated carbocycles. The second-order valence-electron chi connectivity index (χ2n) is 5.67. The van der Waals surface area contributed by atoms with Gasteiger partial charge in [-0.2, -0.15) is 0 Å². The van der Waals surface area contributed by atoms with Gasteiger partial charge in [-0.15, -0.1) is 0 Å². The van der Waals surface area contributed by atoms with Gasteiger partial charge in [-0.05, 0) is 48.5 Å². The molecule has 0 aliphatic heterocycles. The number of halogens is 2. The Labute approximate surface area is 160 Å². The number of rotatable bonds is 5. The summed E-state index contributed by atoms with van der Waals surface area (Å²) >= 11 is 5.91. The molecule has 0 aliphatic carbocycles. The third-order valence-corrected chi connectivity index (χ3v) is 4.18. The molecule has 0 radical (unpaired) electrons. The zero-order valence-electron chi connectivity index (χ0n) is 14.1. The minimum absolute atomic E-state index is 0.124. The van der Waals surface area contributed by atoms with Crippen LogP contribution in [0.15, 0.2) is 72.8 Å². The van der Waals surface area contributed by atoms with Crippen molar-refractivity contribution in [2.24, 2.45) is 0 Å². The van der Waals surface area contributed by atoms with E-state index in [1.54, 1.807) is 36.4 Å². The van der Waals surface area contributed by atoms with Crippen LogP contribution in [0.1, 0.15) is 26.3 Å². The highest BCUT2D eigenvalue weighted by atomic mass is 35.5. The van der Waals surface area contributed by atoms with Crippen LogP contribution in [0.4, 0.5) is 10.1 Å². The molecule has 0 fully saturated rings. The van der Waals surface area contributed by atoms with Gasteiger partial charge in [-0.3, -0.25) is 4.79 Å². The standard InChI is InChI=1S/C21H15ClFNO3/c22-18-7-4-8-19(23)17(18)13-27-21(26)15-9-11-16(12-10-15)24-20(25)14-5-2-1-3-6-14/h1-12H,13H2,(H,24,25). The summed E-state index contributed by atoms with van der Waals surface area (Å²) in [5.41, 5.74) is 1.47. The van der Waals surface area contributed by atoms with Gasteiger partial charge in [-0.25, -0.2) is 9.18 Å². The Bertz CT molecular complexity index is 939. The van der Waals surface area contributed by atoms with E-state index in [9.17, 15) is 14.0 Å². The number of carbonyl (C=O) groups is 2. The van der Waals surface area contributed by atoms with Crippen LogP contribution in [0, 0.1) is 5.82 Å². The minimum atomic E-state index is -0.616. The molecule has 136 valence electrons. The van der Waals surface area contributed by atoms with Crippen molar-refractivity contribution in [3.05, 3.63) is 100 Å². The number of carbonyl (C=O) groups excluding carboxylic acids is 2. The van der Waals surface area contributed by atoms with Crippen LogP contribution in [0.25, 0.3) is 0 Å². The zero-order chi connectivity index (χ0) is 19.2. The van der Waals surface area contributed by atoms with Crippen LogP contribution >= 0.6 is 11.6 Å². The van der Waals surface area contributed by atoms with Gasteiger partial charge in [0, 0.05) is 16.8 Å². The molecular formula is C21H15ClFNO3. The monoisotopic (exact) mass is 383 g/mol. The van der Waals surface area contributed by atoms with E-state index in [1.807, 2.05) is 6.07 Å². The minimum Gasteiger partial charge on any atom is -0.457 e. The van der Waals surface area contributed by atoms with E-state index in [1.165, 1.54) is 30.3 Å². The van der Waals surface area contributed by atoms with Gasteiger partial charge in [0.2, 0.25) is 0 Å². The largest absolute Gasteiger partial charge is 0.457 e. The quantitative estimate of drug-likeness (QED) is 0.624. The lowest BCUT2D eigenvalue weighted by Crippen LogP contribution is -2.12. The summed E-state index contributed by atoms with van der Waals surface area (Å²) in [6.45, 7) is -0.267. The van der Waals surface area contributed by atoms with E-state index in [0.29, 0.717) is 11.3 Å². The molecule has 6 heteroatoms. The van der Waals surface area contributed by atoms with E-state index in [4.69, 9.17) is 16.3 Å². The van der Waals surface area contributed by atoms with E-state index >= 15 is 0 Å². The molecule has 3 rings (SSSR count). The Balaban J connectivity index is 1.61. The fourth-order valence-corrected chi connectivity index (χ4v) is 2.59. The first-order valence-corrected chi connectivity index (χ1v) is 8.49. The number of anilines is 1. The van der Waals surface area contributed by atoms with Gasteiger partial charge in [0.15, 0.2) is 0 Å². The Morgan fingerprint density at radius 2 is 1.59 bits per heavy atom. The molecule has 1 N–H and O–H groups in total. The van der Waals surface area contributed by atoms with Crippen molar-refractivity contribution >= 4 is 29.2 Å². The molecule has 0 aromatic heterocycles. The van der Waals surface area contributed by atoms with Crippen LogP contribution in [0.2, 0.25) is 5.02 Å². The van der Waals surface area contributed by atoms with Crippen molar-refractivity contribution in [3.8, 4) is 0 Å². The van der Waals surface area contributed by atoms with Crippen LogP contribution in [0.5, 0.6) is 0 Å². The van der Waals surface area contributed by atoms with Crippen molar-refractivity contribution in [1.29, 1.82) is 0 Å². The van der Waals surface area contributed by atoms with Crippen molar-refractivity contribution in [2.75, 3.05) is 5.32 Å². The van der Waals surface area contributed by atoms with Crippen molar-refractivity contribution in [2.45, 2.75) is 6.61 Å². The first kappa shape index (κ1) is 18.6. The van der Waals surface area contributed by atoms with Gasteiger partial charge in [0.05, 0.1) is 10.6 Å². The zero-order valence-corrected chi connectivity index (χ0v) is 14.9. The summed E-state index contributed by atoms with van der Waals surface area (Å²) in [6, 6.07) is 19.3. The number of esters is 1. The molecular weight excluding hydrogens is 369 g/mol. The Morgan fingerprint density at radius 1 is 0.889 bits per heavy atom. The number of ether oxygens (including phenoxy) is 1. The average Bonchev–Trinajstić information content (AvgIpc) is 2.68. The summed E-state index contributed by atoms with van der Waals surface area (Å²) in [5, 5.41) is 2.94. The fourth-order valence-electron chi connectivity index (χ4n) is 2.37. The summed E-state index contributed by atoms with van der Waals surface area (Å²) in [7, 11) is 0. The van der Waals surface area contributed by atoms with Crippen LogP contribution < -0.4 is 5.32 Å². The molecule has 0 unspecified atom stereocenters. The second-order valence-corrected chi connectivity index (χ2v) is 6.08. The maximum atomic E-state index is 13.7. The highest BCUT2D eigenvalue weighted by molar-refractivity contribution is 6.31. The first-order valence-electron chi connectivity index (χ1n) is 8.11. The second kappa shape index (κ2) is 8.47. The molecule has 0 bridgehead atoms. The Hall–Kier alpha value is -3.18.